The van der Waals surface area contributed by atoms with Crippen molar-refractivity contribution >= 4 is 5.91 Å². The molecule has 0 saturated carbocycles. The Hall–Kier alpha value is -1.36. The van der Waals surface area contributed by atoms with E-state index in [0.29, 0.717) is 18.9 Å². The lowest BCUT2D eigenvalue weighted by Crippen LogP contribution is -2.41. The average molecular weight is 210 g/mol. The summed E-state index contributed by atoms with van der Waals surface area (Å²) in [6, 6.07) is -0.423. The van der Waals surface area contributed by atoms with Crippen LogP contribution in [-0.4, -0.2) is 21.9 Å². The maximum absolute atomic E-state index is 11.5. The summed E-state index contributed by atoms with van der Waals surface area (Å²) in [5.74, 6) is 0.316. The highest BCUT2D eigenvalue weighted by molar-refractivity contribution is 5.81. The Morgan fingerprint density at radius 1 is 1.67 bits per heavy atom. The minimum absolute atomic E-state index is 0.113. The first-order valence-corrected chi connectivity index (χ1v) is 5.10. The summed E-state index contributed by atoms with van der Waals surface area (Å²) in [5, 5.41) is 2.76. The molecule has 0 fully saturated rings. The molecule has 5 heteroatoms. The molecule has 1 heterocycles. The van der Waals surface area contributed by atoms with Crippen LogP contribution in [0, 0.1) is 5.92 Å². The first-order valence-electron chi connectivity index (χ1n) is 5.10. The van der Waals surface area contributed by atoms with E-state index in [1.807, 2.05) is 13.8 Å². The van der Waals surface area contributed by atoms with Gasteiger partial charge in [0.25, 0.3) is 0 Å². The van der Waals surface area contributed by atoms with Gasteiger partial charge in [-0.3, -0.25) is 4.79 Å². The monoisotopic (exact) mass is 210 g/mol. The van der Waals surface area contributed by atoms with Crippen LogP contribution in [0.2, 0.25) is 0 Å². The fourth-order valence-electron chi connectivity index (χ4n) is 1.31. The first kappa shape index (κ1) is 11.7. The van der Waals surface area contributed by atoms with Gasteiger partial charge in [-0.05, 0) is 12.3 Å². The second-order valence-corrected chi connectivity index (χ2v) is 4.03. The van der Waals surface area contributed by atoms with E-state index >= 15 is 0 Å². The predicted molar refractivity (Wildman–Crippen MR) is 57.9 cm³/mol. The molecule has 0 spiro atoms. The molecule has 0 aliphatic heterocycles. The van der Waals surface area contributed by atoms with E-state index < -0.39 is 6.04 Å². The Kier molecular flexibility index (Phi) is 4.30. The van der Waals surface area contributed by atoms with Gasteiger partial charge < -0.3 is 16.0 Å². The van der Waals surface area contributed by atoms with Crippen molar-refractivity contribution < 1.29 is 4.79 Å². The van der Waals surface area contributed by atoms with Crippen molar-refractivity contribution in [3.05, 3.63) is 18.2 Å². The first-order chi connectivity index (χ1) is 7.09. The molecule has 0 saturated heterocycles. The highest BCUT2D eigenvalue weighted by Crippen LogP contribution is 2.02. The standard InChI is InChI=1S/C10H18N4O/c1-7(2)3-9(11)10(15)13-5-8-4-12-6-14-8/h4,6-7,9H,3,5,11H2,1-2H3,(H,12,14)(H,13,15). The minimum atomic E-state index is -0.423. The van der Waals surface area contributed by atoms with E-state index in [1.54, 1.807) is 12.5 Å². The maximum Gasteiger partial charge on any atom is 0.237 e. The average Bonchev–Trinajstić information content (AvgIpc) is 2.65. The van der Waals surface area contributed by atoms with Crippen LogP contribution in [0.5, 0.6) is 0 Å². The van der Waals surface area contributed by atoms with Crippen LogP contribution in [0.3, 0.4) is 0 Å². The van der Waals surface area contributed by atoms with E-state index in [9.17, 15) is 4.79 Å². The number of amides is 1. The largest absolute Gasteiger partial charge is 0.349 e. The zero-order chi connectivity index (χ0) is 11.3. The highest BCUT2D eigenvalue weighted by Gasteiger charge is 2.14. The Bertz CT molecular complexity index is 294. The van der Waals surface area contributed by atoms with Gasteiger partial charge in [-0.1, -0.05) is 13.8 Å². The third-order valence-electron chi connectivity index (χ3n) is 2.07. The number of aromatic nitrogens is 2. The van der Waals surface area contributed by atoms with Gasteiger partial charge in [0.1, 0.15) is 0 Å². The van der Waals surface area contributed by atoms with Gasteiger partial charge in [-0.15, -0.1) is 0 Å². The van der Waals surface area contributed by atoms with Gasteiger partial charge in [-0.2, -0.15) is 0 Å². The molecule has 5 nitrogen and oxygen atoms in total. The number of rotatable bonds is 5. The van der Waals surface area contributed by atoms with Crippen LogP contribution < -0.4 is 11.1 Å². The van der Waals surface area contributed by atoms with Crippen LogP contribution in [-0.2, 0) is 11.3 Å². The van der Waals surface area contributed by atoms with Gasteiger partial charge in [0.05, 0.1) is 24.6 Å². The molecule has 1 amide bonds. The summed E-state index contributed by atoms with van der Waals surface area (Å²) in [4.78, 5) is 18.3. The maximum atomic E-state index is 11.5. The Balaban J connectivity index is 2.29. The van der Waals surface area contributed by atoms with Gasteiger partial charge in [0, 0.05) is 6.20 Å². The number of carbonyl (C=O) groups excluding carboxylic acids is 1. The summed E-state index contributed by atoms with van der Waals surface area (Å²) < 4.78 is 0. The molecule has 0 aromatic carbocycles. The minimum Gasteiger partial charge on any atom is -0.349 e. The van der Waals surface area contributed by atoms with E-state index in [4.69, 9.17) is 5.73 Å². The van der Waals surface area contributed by atoms with Gasteiger partial charge in [-0.25, -0.2) is 4.98 Å². The van der Waals surface area contributed by atoms with E-state index in [0.717, 1.165) is 5.69 Å². The lowest BCUT2D eigenvalue weighted by Gasteiger charge is -2.13. The molecule has 4 N–H and O–H groups in total. The van der Waals surface area contributed by atoms with E-state index in [1.165, 1.54) is 0 Å². The fraction of sp³-hybridized carbons (Fsp3) is 0.600. The van der Waals surface area contributed by atoms with Crippen LogP contribution >= 0.6 is 0 Å². The number of nitrogens with one attached hydrogen (secondary N) is 2. The third kappa shape index (κ3) is 4.12. The molecule has 0 bridgehead atoms. The number of hydrogen-bond donors (Lipinski definition) is 3. The third-order valence-corrected chi connectivity index (χ3v) is 2.07. The molecular formula is C10H18N4O. The lowest BCUT2D eigenvalue weighted by atomic mass is 10.0. The van der Waals surface area contributed by atoms with Crippen molar-refractivity contribution in [2.75, 3.05) is 0 Å². The number of carbonyl (C=O) groups is 1. The second kappa shape index (κ2) is 5.50. The predicted octanol–water partition coefficient (Wildman–Crippen LogP) is 0.399. The Labute approximate surface area is 89.5 Å². The summed E-state index contributed by atoms with van der Waals surface area (Å²) in [5.41, 5.74) is 6.59. The number of nitrogens with zero attached hydrogens (tertiary/aromatic N) is 1. The molecule has 1 aromatic rings. The van der Waals surface area contributed by atoms with Crippen LogP contribution in [0.15, 0.2) is 12.5 Å². The second-order valence-electron chi connectivity index (χ2n) is 4.03. The summed E-state index contributed by atoms with van der Waals surface area (Å²) >= 11 is 0. The molecule has 84 valence electrons. The molecule has 15 heavy (non-hydrogen) atoms. The summed E-state index contributed by atoms with van der Waals surface area (Å²) in [7, 11) is 0. The van der Waals surface area contributed by atoms with Crippen molar-refractivity contribution in [2.45, 2.75) is 32.9 Å². The normalized spacial score (nSPS) is 12.8. The SMILES string of the molecule is CC(C)CC(N)C(=O)NCc1cnc[nH]1. The number of aromatic amines is 1. The van der Waals surface area contributed by atoms with Crippen molar-refractivity contribution in [3.8, 4) is 0 Å². The molecule has 0 aliphatic rings. The topological polar surface area (TPSA) is 83.8 Å². The molecule has 0 radical (unpaired) electrons. The molecule has 1 aromatic heterocycles. The molecule has 0 aliphatic carbocycles. The van der Waals surface area contributed by atoms with Crippen molar-refractivity contribution in [3.63, 3.8) is 0 Å². The quantitative estimate of drug-likeness (QED) is 0.657. The van der Waals surface area contributed by atoms with Crippen molar-refractivity contribution in [1.82, 2.24) is 15.3 Å². The summed E-state index contributed by atoms with van der Waals surface area (Å²) in [6.07, 6.45) is 3.96. The number of H-pyrrole nitrogens is 1. The van der Waals surface area contributed by atoms with Crippen LogP contribution in [0.25, 0.3) is 0 Å². The molecule has 1 atom stereocenters. The van der Waals surface area contributed by atoms with E-state index in [2.05, 4.69) is 15.3 Å². The van der Waals surface area contributed by atoms with E-state index in [-0.39, 0.29) is 5.91 Å². The Morgan fingerprint density at radius 3 is 2.93 bits per heavy atom. The molecule has 1 unspecified atom stereocenters. The molecule has 1 rings (SSSR count). The molecular weight excluding hydrogens is 192 g/mol. The smallest absolute Gasteiger partial charge is 0.237 e. The number of hydrogen-bond acceptors (Lipinski definition) is 3. The highest BCUT2D eigenvalue weighted by atomic mass is 16.2. The van der Waals surface area contributed by atoms with Gasteiger partial charge in [0.15, 0.2) is 0 Å². The fourth-order valence-corrected chi connectivity index (χ4v) is 1.31. The van der Waals surface area contributed by atoms with Crippen LogP contribution in [0.1, 0.15) is 26.0 Å². The Morgan fingerprint density at radius 2 is 2.40 bits per heavy atom. The van der Waals surface area contributed by atoms with Crippen molar-refractivity contribution in [2.24, 2.45) is 11.7 Å². The van der Waals surface area contributed by atoms with Gasteiger partial charge in [0.2, 0.25) is 5.91 Å². The zero-order valence-corrected chi connectivity index (χ0v) is 9.16. The van der Waals surface area contributed by atoms with Crippen LogP contribution in [0.4, 0.5) is 0 Å². The number of nitrogens with two attached hydrogens (primary N) is 1. The van der Waals surface area contributed by atoms with Crippen molar-refractivity contribution in [1.29, 1.82) is 0 Å². The van der Waals surface area contributed by atoms with Gasteiger partial charge >= 0.3 is 0 Å². The number of imidazole rings is 1. The lowest BCUT2D eigenvalue weighted by molar-refractivity contribution is -0.122. The summed E-state index contributed by atoms with van der Waals surface area (Å²) in [6.45, 7) is 4.54. The zero-order valence-electron chi connectivity index (χ0n) is 9.16.